The second kappa shape index (κ2) is 9.00. The van der Waals surface area contributed by atoms with Gasteiger partial charge >= 0.3 is 18.2 Å². The maximum atomic E-state index is 13.6. The second-order valence-corrected chi connectivity index (χ2v) is 8.61. The molecule has 0 saturated carbocycles. The van der Waals surface area contributed by atoms with Crippen molar-refractivity contribution < 1.29 is 37.4 Å². The lowest BCUT2D eigenvalue weighted by Gasteiger charge is -2.26. The van der Waals surface area contributed by atoms with Crippen molar-refractivity contribution >= 4 is 18.0 Å². The number of carbonyl (C=O) groups is 3. The number of halogens is 3. The van der Waals surface area contributed by atoms with Crippen LogP contribution in [-0.2, 0) is 14.3 Å². The molecular weight excluding hydrogens is 453 g/mol. The highest BCUT2D eigenvalue weighted by Crippen LogP contribution is 2.44. The van der Waals surface area contributed by atoms with Crippen LogP contribution in [0, 0.1) is 11.8 Å². The van der Waals surface area contributed by atoms with E-state index in [0.29, 0.717) is 0 Å². The Morgan fingerprint density at radius 2 is 1.62 bits per heavy atom. The standard InChI is InChI=1S/C24H23F3N2O5/c1-13-10-29(11-18(13)22(31)32)21(30)20(24(25,26)27)28-23(33)34-12-19-16-8-4-2-6-14(16)15-7-3-5-9-17(15)19/h2-9,13,18-20H,10-12H2,1H3,(H,28,33)(H,31,32)/t13-,18-,20?/m1/s1. The highest BCUT2D eigenvalue weighted by molar-refractivity contribution is 5.87. The number of aliphatic carboxylic acids is 1. The van der Waals surface area contributed by atoms with Gasteiger partial charge in [0.25, 0.3) is 5.91 Å². The molecule has 10 heteroatoms. The number of fused-ring (bicyclic) bond motifs is 3. The summed E-state index contributed by atoms with van der Waals surface area (Å²) < 4.78 is 46.1. The molecule has 0 spiro atoms. The van der Waals surface area contributed by atoms with Crippen molar-refractivity contribution in [3.63, 3.8) is 0 Å². The smallest absolute Gasteiger partial charge is 0.417 e. The Morgan fingerprint density at radius 1 is 1.06 bits per heavy atom. The van der Waals surface area contributed by atoms with E-state index in [-0.39, 0.29) is 25.6 Å². The van der Waals surface area contributed by atoms with Gasteiger partial charge in [0.1, 0.15) is 6.61 Å². The fourth-order valence-electron chi connectivity index (χ4n) is 4.69. The molecule has 2 aromatic carbocycles. The van der Waals surface area contributed by atoms with Crippen LogP contribution in [0.3, 0.4) is 0 Å². The van der Waals surface area contributed by atoms with Crippen LogP contribution in [0.2, 0.25) is 0 Å². The number of rotatable bonds is 5. The van der Waals surface area contributed by atoms with Crippen molar-refractivity contribution in [3.8, 4) is 11.1 Å². The van der Waals surface area contributed by atoms with Gasteiger partial charge in [0, 0.05) is 19.0 Å². The summed E-state index contributed by atoms with van der Waals surface area (Å²) >= 11 is 0. The van der Waals surface area contributed by atoms with Crippen LogP contribution in [0.5, 0.6) is 0 Å². The van der Waals surface area contributed by atoms with Gasteiger partial charge in [-0.3, -0.25) is 9.59 Å². The van der Waals surface area contributed by atoms with Crippen molar-refractivity contribution in [1.82, 2.24) is 10.2 Å². The van der Waals surface area contributed by atoms with E-state index in [1.165, 1.54) is 0 Å². The summed E-state index contributed by atoms with van der Waals surface area (Å²) in [5, 5.41) is 10.8. The number of carboxylic acids is 1. The molecule has 0 radical (unpaired) electrons. The zero-order chi connectivity index (χ0) is 24.6. The van der Waals surface area contributed by atoms with Crippen molar-refractivity contribution in [3.05, 3.63) is 59.7 Å². The summed E-state index contributed by atoms with van der Waals surface area (Å²) in [7, 11) is 0. The topological polar surface area (TPSA) is 95.9 Å². The van der Waals surface area contributed by atoms with Gasteiger partial charge in [0.05, 0.1) is 5.92 Å². The van der Waals surface area contributed by atoms with E-state index in [4.69, 9.17) is 4.74 Å². The van der Waals surface area contributed by atoms with E-state index >= 15 is 0 Å². The zero-order valence-electron chi connectivity index (χ0n) is 18.2. The molecule has 180 valence electrons. The summed E-state index contributed by atoms with van der Waals surface area (Å²) in [6.45, 7) is 0.844. The van der Waals surface area contributed by atoms with Crippen molar-refractivity contribution in [1.29, 1.82) is 0 Å². The van der Waals surface area contributed by atoms with E-state index in [2.05, 4.69) is 0 Å². The molecule has 0 bridgehead atoms. The molecule has 2 aromatic rings. The number of carbonyl (C=O) groups excluding carboxylic acids is 2. The van der Waals surface area contributed by atoms with Crippen molar-refractivity contribution in [2.45, 2.75) is 25.1 Å². The quantitative estimate of drug-likeness (QED) is 0.687. The molecule has 1 unspecified atom stereocenters. The molecule has 1 saturated heterocycles. The molecular formula is C24H23F3N2O5. The second-order valence-electron chi connectivity index (χ2n) is 8.61. The van der Waals surface area contributed by atoms with Crippen LogP contribution in [0.4, 0.5) is 18.0 Å². The minimum atomic E-state index is -5.08. The number of ether oxygens (including phenoxy) is 1. The molecule has 1 aliphatic carbocycles. The largest absolute Gasteiger partial charge is 0.481 e. The van der Waals surface area contributed by atoms with E-state index in [9.17, 15) is 32.7 Å². The molecule has 7 nitrogen and oxygen atoms in total. The van der Waals surface area contributed by atoms with E-state index in [1.54, 1.807) is 12.2 Å². The summed E-state index contributed by atoms with van der Waals surface area (Å²) in [5.41, 5.74) is 3.72. The highest BCUT2D eigenvalue weighted by atomic mass is 19.4. The van der Waals surface area contributed by atoms with Gasteiger partial charge in [-0.05, 0) is 28.2 Å². The normalized spacial score (nSPS) is 20.4. The third-order valence-corrected chi connectivity index (χ3v) is 6.42. The zero-order valence-corrected chi connectivity index (χ0v) is 18.2. The Hall–Kier alpha value is -3.56. The maximum absolute atomic E-state index is 13.6. The molecule has 34 heavy (non-hydrogen) atoms. The third kappa shape index (κ3) is 4.44. The van der Waals surface area contributed by atoms with Crippen LogP contribution in [0.1, 0.15) is 24.0 Å². The van der Waals surface area contributed by atoms with Gasteiger partial charge in [-0.15, -0.1) is 0 Å². The molecule has 2 amide bonds. The molecule has 1 aliphatic heterocycles. The number of amides is 2. The van der Waals surface area contributed by atoms with Gasteiger partial charge < -0.3 is 20.1 Å². The fraction of sp³-hybridized carbons (Fsp3) is 0.375. The number of hydrogen-bond acceptors (Lipinski definition) is 4. The Bertz CT molecular complexity index is 1070. The summed E-state index contributed by atoms with van der Waals surface area (Å²) in [6, 6.07) is 12.2. The Morgan fingerprint density at radius 3 is 2.12 bits per heavy atom. The summed E-state index contributed by atoms with van der Waals surface area (Å²) in [5.74, 6) is -4.42. The van der Waals surface area contributed by atoms with E-state index < -0.39 is 42.0 Å². The minimum absolute atomic E-state index is 0.144. The van der Waals surface area contributed by atoms with Gasteiger partial charge in [-0.2, -0.15) is 13.2 Å². The molecule has 1 heterocycles. The number of nitrogens with one attached hydrogen (secondary N) is 1. The number of benzene rings is 2. The van der Waals surface area contributed by atoms with Crippen LogP contribution in [0.25, 0.3) is 11.1 Å². The molecule has 0 aromatic heterocycles. The monoisotopic (exact) mass is 476 g/mol. The van der Waals surface area contributed by atoms with Crippen LogP contribution in [0.15, 0.2) is 48.5 Å². The molecule has 4 rings (SSSR count). The summed E-state index contributed by atoms with van der Waals surface area (Å²) in [4.78, 5) is 37.0. The Labute approximate surface area is 193 Å². The summed E-state index contributed by atoms with van der Waals surface area (Å²) in [6.07, 6.45) is -6.45. The van der Waals surface area contributed by atoms with Crippen LogP contribution >= 0.6 is 0 Å². The lowest BCUT2D eigenvalue weighted by atomic mass is 9.98. The Balaban J connectivity index is 1.45. The average molecular weight is 476 g/mol. The SMILES string of the molecule is C[C@@H]1CN(C(=O)C(NC(=O)OCC2c3ccccc3-c3ccccc32)C(F)(F)F)C[C@H]1C(=O)O. The third-order valence-electron chi connectivity index (χ3n) is 6.42. The first-order valence-electron chi connectivity index (χ1n) is 10.8. The molecule has 1 fully saturated rings. The predicted molar refractivity (Wildman–Crippen MR) is 115 cm³/mol. The number of carboxylic acid groups (broad SMARTS) is 1. The number of nitrogens with zero attached hydrogens (tertiary/aromatic N) is 1. The van der Waals surface area contributed by atoms with Crippen molar-refractivity contribution in [2.24, 2.45) is 11.8 Å². The van der Waals surface area contributed by atoms with Gasteiger partial charge in [0.2, 0.25) is 6.04 Å². The highest BCUT2D eigenvalue weighted by Gasteiger charge is 2.50. The van der Waals surface area contributed by atoms with Gasteiger partial charge in [0.15, 0.2) is 0 Å². The van der Waals surface area contributed by atoms with Gasteiger partial charge in [-0.1, -0.05) is 55.5 Å². The first kappa shape index (κ1) is 23.6. The first-order valence-corrected chi connectivity index (χ1v) is 10.8. The average Bonchev–Trinajstić information content (AvgIpc) is 3.33. The van der Waals surface area contributed by atoms with E-state index in [1.807, 2.05) is 48.5 Å². The molecule has 3 atom stereocenters. The lowest BCUT2D eigenvalue weighted by Crippen LogP contribution is -2.56. The number of hydrogen-bond donors (Lipinski definition) is 2. The van der Waals surface area contributed by atoms with Crippen LogP contribution in [-0.4, -0.2) is 59.9 Å². The predicted octanol–water partition coefficient (Wildman–Crippen LogP) is 3.64. The number of alkyl carbamates (subject to hydrolysis) is 1. The van der Waals surface area contributed by atoms with Crippen molar-refractivity contribution in [2.75, 3.05) is 19.7 Å². The first-order chi connectivity index (χ1) is 16.1. The van der Waals surface area contributed by atoms with Gasteiger partial charge in [-0.25, -0.2) is 4.79 Å². The molecule has 2 N–H and O–H groups in total. The number of alkyl halides is 3. The van der Waals surface area contributed by atoms with Crippen LogP contribution < -0.4 is 5.32 Å². The molecule has 2 aliphatic rings. The fourth-order valence-corrected chi connectivity index (χ4v) is 4.69. The minimum Gasteiger partial charge on any atom is -0.481 e. The maximum Gasteiger partial charge on any atom is 0.417 e. The number of likely N-dealkylation sites (tertiary alicyclic amines) is 1. The lowest BCUT2D eigenvalue weighted by molar-refractivity contribution is -0.174. The Kier molecular flexibility index (Phi) is 6.24. The van der Waals surface area contributed by atoms with E-state index in [0.717, 1.165) is 27.2 Å².